The van der Waals surface area contributed by atoms with Gasteiger partial charge >= 0.3 is 0 Å². The molecule has 2 aromatic carbocycles. The minimum atomic E-state index is -2.95. The van der Waals surface area contributed by atoms with Crippen molar-refractivity contribution in [2.24, 2.45) is 0 Å². The lowest BCUT2D eigenvalue weighted by molar-refractivity contribution is -0.126. The Morgan fingerprint density at radius 1 is 0.962 bits per heavy atom. The van der Waals surface area contributed by atoms with Gasteiger partial charge in [0.15, 0.2) is 0 Å². The number of hydrogen-bond acceptors (Lipinski definition) is 4. The smallest absolute Gasteiger partial charge is 0.250 e. The number of carbonyl (C=O) groups excluding carboxylic acids is 1. The van der Waals surface area contributed by atoms with Crippen molar-refractivity contribution in [1.29, 1.82) is 0 Å². The summed E-state index contributed by atoms with van der Waals surface area (Å²) in [6.07, 6.45) is 0.925. The molecule has 1 amide bonds. The van der Waals surface area contributed by atoms with Crippen LogP contribution in [0, 0.1) is 0 Å². The molecule has 0 saturated carbocycles. The number of nitrogens with one attached hydrogen (secondary N) is 2. The molecule has 0 aliphatic carbocycles. The number of amides is 1. The van der Waals surface area contributed by atoms with Gasteiger partial charge in [-0.15, -0.1) is 0 Å². The zero-order chi connectivity index (χ0) is 18.6. The Morgan fingerprint density at radius 2 is 1.50 bits per heavy atom. The summed E-state index contributed by atoms with van der Waals surface area (Å²) < 4.78 is 23.2. The molecule has 1 unspecified atom stereocenters. The highest BCUT2D eigenvalue weighted by molar-refractivity contribution is 7.91. The molecule has 0 spiro atoms. The van der Waals surface area contributed by atoms with Crippen LogP contribution in [0.2, 0.25) is 0 Å². The molecule has 1 fully saturated rings. The van der Waals surface area contributed by atoms with Crippen LogP contribution in [0.25, 0.3) is 0 Å². The Balaban J connectivity index is 1.82. The number of hydrogen-bond donors (Lipinski definition) is 2. The molecule has 3 rings (SSSR count). The third-order valence-corrected chi connectivity index (χ3v) is 6.58. The first-order chi connectivity index (χ1) is 12.4. The lowest BCUT2D eigenvalue weighted by atomic mass is 9.90. The molecule has 0 bridgehead atoms. The average Bonchev–Trinajstić information content (AvgIpc) is 2.65. The fraction of sp³-hybridized carbons (Fsp3) is 0.350. The second-order valence-electron chi connectivity index (χ2n) is 6.88. The first-order valence-electron chi connectivity index (χ1n) is 8.79. The van der Waals surface area contributed by atoms with Crippen molar-refractivity contribution in [2.75, 3.05) is 16.8 Å². The highest BCUT2D eigenvalue weighted by atomic mass is 32.2. The molecule has 0 aromatic heterocycles. The standard InChI is InChI=1S/C20H24N2O3S/c1-20(16-8-4-2-5-9-16,22-18-10-6-3-7-11-18)19(23)21-17-12-14-26(24,25)15-13-17/h2-11,17,22H,12-15H2,1H3,(H,21,23). The van der Waals surface area contributed by atoms with Crippen molar-refractivity contribution < 1.29 is 13.2 Å². The van der Waals surface area contributed by atoms with E-state index in [9.17, 15) is 13.2 Å². The minimum absolute atomic E-state index is 0.119. The summed E-state index contributed by atoms with van der Waals surface area (Å²) in [5, 5.41) is 6.40. The van der Waals surface area contributed by atoms with E-state index in [0.29, 0.717) is 12.8 Å². The second kappa shape index (κ2) is 7.50. The van der Waals surface area contributed by atoms with Gasteiger partial charge in [-0.1, -0.05) is 48.5 Å². The molecule has 1 heterocycles. The Kier molecular flexibility index (Phi) is 5.32. The average molecular weight is 372 g/mol. The molecule has 1 aliphatic rings. The predicted molar refractivity (Wildman–Crippen MR) is 104 cm³/mol. The quantitative estimate of drug-likeness (QED) is 0.846. The van der Waals surface area contributed by atoms with Crippen LogP contribution in [0.15, 0.2) is 60.7 Å². The van der Waals surface area contributed by atoms with E-state index < -0.39 is 15.4 Å². The van der Waals surface area contributed by atoms with E-state index >= 15 is 0 Å². The van der Waals surface area contributed by atoms with Crippen molar-refractivity contribution in [3.8, 4) is 0 Å². The fourth-order valence-electron chi connectivity index (χ4n) is 3.21. The van der Waals surface area contributed by atoms with E-state index in [1.807, 2.05) is 67.6 Å². The fourth-order valence-corrected chi connectivity index (χ4v) is 4.70. The molecule has 2 N–H and O–H groups in total. The van der Waals surface area contributed by atoms with E-state index in [1.165, 1.54) is 0 Å². The van der Waals surface area contributed by atoms with Crippen molar-refractivity contribution in [3.05, 3.63) is 66.2 Å². The number of para-hydroxylation sites is 1. The Bertz CT molecular complexity index is 839. The van der Waals surface area contributed by atoms with E-state index in [4.69, 9.17) is 0 Å². The summed E-state index contributed by atoms with van der Waals surface area (Å²) in [6, 6.07) is 19.0. The van der Waals surface area contributed by atoms with Gasteiger partial charge in [-0.25, -0.2) is 8.42 Å². The Morgan fingerprint density at radius 3 is 2.08 bits per heavy atom. The van der Waals surface area contributed by atoms with Crippen LogP contribution >= 0.6 is 0 Å². The van der Waals surface area contributed by atoms with Gasteiger partial charge in [0.05, 0.1) is 11.5 Å². The predicted octanol–water partition coefficient (Wildman–Crippen LogP) is 2.71. The summed E-state index contributed by atoms with van der Waals surface area (Å²) >= 11 is 0. The largest absolute Gasteiger partial charge is 0.368 e. The lowest BCUT2D eigenvalue weighted by Gasteiger charge is -2.34. The maximum Gasteiger partial charge on any atom is 0.250 e. The van der Waals surface area contributed by atoms with Gasteiger partial charge in [-0.2, -0.15) is 0 Å². The van der Waals surface area contributed by atoms with Gasteiger partial charge in [-0.05, 0) is 37.5 Å². The topological polar surface area (TPSA) is 75.3 Å². The molecule has 2 aromatic rings. The normalized spacial score (nSPS) is 19.3. The molecule has 5 nitrogen and oxygen atoms in total. The third-order valence-electron chi connectivity index (χ3n) is 4.86. The molecular formula is C20H24N2O3S. The monoisotopic (exact) mass is 372 g/mol. The van der Waals surface area contributed by atoms with Crippen molar-refractivity contribution >= 4 is 21.4 Å². The maximum absolute atomic E-state index is 13.2. The summed E-state index contributed by atoms with van der Waals surface area (Å²) in [6.45, 7) is 1.85. The number of benzene rings is 2. The number of sulfone groups is 1. The third kappa shape index (κ3) is 4.25. The summed E-state index contributed by atoms with van der Waals surface area (Å²) in [5.41, 5.74) is 0.740. The van der Waals surface area contributed by atoms with Crippen molar-refractivity contribution in [3.63, 3.8) is 0 Å². The van der Waals surface area contributed by atoms with E-state index in [2.05, 4.69) is 10.6 Å². The zero-order valence-electron chi connectivity index (χ0n) is 14.8. The van der Waals surface area contributed by atoms with Gasteiger partial charge in [0.25, 0.3) is 0 Å². The van der Waals surface area contributed by atoms with Crippen LogP contribution < -0.4 is 10.6 Å². The van der Waals surface area contributed by atoms with Gasteiger partial charge in [0.1, 0.15) is 15.4 Å². The van der Waals surface area contributed by atoms with Gasteiger partial charge in [0, 0.05) is 11.7 Å². The maximum atomic E-state index is 13.2. The highest BCUT2D eigenvalue weighted by Gasteiger charge is 2.37. The highest BCUT2D eigenvalue weighted by Crippen LogP contribution is 2.27. The first kappa shape index (κ1) is 18.5. The Hall–Kier alpha value is -2.34. The molecule has 1 aliphatic heterocycles. The summed E-state index contributed by atoms with van der Waals surface area (Å²) in [5.74, 6) is 0.106. The molecule has 6 heteroatoms. The molecule has 0 radical (unpaired) electrons. The lowest BCUT2D eigenvalue weighted by Crippen LogP contribution is -2.52. The van der Waals surface area contributed by atoms with Crippen LogP contribution in [-0.4, -0.2) is 31.9 Å². The summed E-state index contributed by atoms with van der Waals surface area (Å²) in [7, 11) is -2.95. The molecule has 26 heavy (non-hydrogen) atoms. The number of anilines is 1. The zero-order valence-corrected chi connectivity index (χ0v) is 15.6. The first-order valence-corrected chi connectivity index (χ1v) is 10.6. The van der Waals surface area contributed by atoms with Gasteiger partial charge < -0.3 is 10.6 Å². The molecule has 1 saturated heterocycles. The minimum Gasteiger partial charge on any atom is -0.368 e. The molecule has 1 atom stereocenters. The second-order valence-corrected chi connectivity index (χ2v) is 9.19. The Labute approximate surface area is 154 Å². The number of rotatable bonds is 5. The van der Waals surface area contributed by atoms with Gasteiger partial charge in [-0.3, -0.25) is 4.79 Å². The van der Waals surface area contributed by atoms with Crippen LogP contribution in [0.5, 0.6) is 0 Å². The number of carbonyl (C=O) groups is 1. The van der Waals surface area contributed by atoms with Crippen LogP contribution in [0.3, 0.4) is 0 Å². The SMILES string of the molecule is CC(Nc1ccccc1)(C(=O)NC1CCS(=O)(=O)CC1)c1ccccc1. The van der Waals surface area contributed by atoms with E-state index in [-0.39, 0.29) is 23.5 Å². The van der Waals surface area contributed by atoms with Gasteiger partial charge in [0.2, 0.25) is 5.91 Å². The van der Waals surface area contributed by atoms with Crippen LogP contribution in [0.4, 0.5) is 5.69 Å². The summed E-state index contributed by atoms with van der Waals surface area (Å²) in [4.78, 5) is 13.2. The molecular weight excluding hydrogens is 348 g/mol. The van der Waals surface area contributed by atoms with Crippen LogP contribution in [-0.2, 0) is 20.2 Å². The van der Waals surface area contributed by atoms with E-state index in [1.54, 1.807) is 0 Å². The van der Waals surface area contributed by atoms with Crippen molar-refractivity contribution in [2.45, 2.75) is 31.3 Å². The van der Waals surface area contributed by atoms with Crippen molar-refractivity contribution in [1.82, 2.24) is 5.32 Å². The molecule has 138 valence electrons. The van der Waals surface area contributed by atoms with E-state index in [0.717, 1.165) is 11.3 Å². The van der Waals surface area contributed by atoms with Crippen LogP contribution in [0.1, 0.15) is 25.3 Å².